The first-order chi connectivity index (χ1) is 10.4. The Morgan fingerprint density at radius 1 is 0.708 bits per heavy atom. The molecule has 0 aliphatic carbocycles. The highest BCUT2D eigenvalue weighted by Crippen LogP contribution is 2.51. The summed E-state index contributed by atoms with van der Waals surface area (Å²) in [6.07, 6.45) is -18.0. The van der Waals surface area contributed by atoms with Crippen LogP contribution < -0.4 is 5.73 Å². The maximum atomic E-state index is 12.8. The largest absolute Gasteiger partial charge is 0.430 e. The Balaban J connectivity index is 3.74. The Hall–Kier alpha value is -1.69. The summed E-state index contributed by atoms with van der Waals surface area (Å²) in [5.41, 5.74) is -8.54. The van der Waals surface area contributed by atoms with Crippen LogP contribution in [0.15, 0.2) is 18.2 Å². The van der Waals surface area contributed by atoms with E-state index in [1.807, 2.05) is 0 Å². The summed E-state index contributed by atoms with van der Waals surface area (Å²) in [5.74, 6) is 0. The summed E-state index contributed by atoms with van der Waals surface area (Å²) in [6.45, 7) is 0.117. The lowest BCUT2D eigenvalue weighted by atomic mass is 9.86. The van der Waals surface area contributed by atoms with Gasteiger partial charge in [0.15, 0.2) is 5.60 Å². The third-order valence-corrected chi connectivity index (χ3v) is 3.31. The predicted octanol–water partition coefficient (Wildman–Crippen LogP) is 3.35. The lowest BCUT2D eigenvalue weighted by Gasteiger charge is -2.34. The fraction of sp³-hybridized carbons (Fsp3) is 0.500. The number of alkyl halides is 9. The Bertz CT molecular complexity index is 602. The van der Waals surface area contributed by atoms with Crippen molar-refractivity contribution in [1.29, 1.82) is 0 Å². The van der Waals surface area contributed by atoms with Crippen molar-refractivity contribution in [1.82, 2.24) is 0 Å². The number of halogens is 9. The summed E-state index contributed by atoms with van der Waals surface area (Å²) in [5, 5.41) is 18.6. The second-order valence-corrected chi connectivity index (χ2v) is 5.12. The molecule has 0 spiro atoms. The molecule has 0 amide bonds. The van der Waals surface area contributed by atoms with Crippen molar-refractivity contribution >= 4 is 5.69 Å². The molecule has 0 fully saturated rings. The fourth-order valence-electron chi connectivity index (χ4n) is 1.79. The molecule has 3 nitrogen and oxygen atoms in total. The zero-order chi connectivity index (χ0) is 19.4. The van der Waals surface area contributed by atoms with Crippen molar-refractivity contribution in [2.45, 2.75) is 36.7 Å². The van der Waals surface area contributed by atoms with Gasteiger partial charge in [0.2, 0.25) is 0 Å². The Morgan fingerprint density at radius 3 is 1.42 bits per heavy atom. The van der Waals surface area contributed by atoms with E-state index in [-0.39, 0.29) is 19.1 Å². The van der Waals surface area contributed by atoms with Crippen LogP contribution in [0.1, 0.15) is 18.1 Å². The van der Waals surface area contributed by atoms with Gasteiger partial charge >= 0.3 is 18.5 Å². The third kappa shape index (κ3) is 3.11. The van der Waals surface area contributed by atoms with Gasteiger partial charge in [0.25, 0.3) is 5.60 Å². The first-order valence-electron chi connectivity index (χ1n) is 5.92. The van der Waals surface area contributed by atoms with Crippen molar-refractivity contribution in [2.24, 2.45) is 0 Å². The number of hydrogen-bond acceptors (Lipinski definition) is 3. The van der Waals surface area contributed by atoms with E-state index in [2.05, 4.69) is 0 Å². The number of rotatable bonds is 2. The van der Waals surface area contributed by atoms with Crippen LogP contribution >= 0.6 is 0 Å². The molecule has 12 heteroatoms. The molecule has 24 heavy (non-hydrogen) atoms. The Morgan fingerprint density at radius 2 is 1.08 bits per heavy atom. The topological polar surface area (TPSA) is 66.5 Å². The molecule has 0 aromatic heterocycles. The van der Waals surface area contributed by atoms with Gasteiger partial charge in [-0.3, -0.25) is 0 Å². The molecule has 0 aliphatic rings. The minimum absolute atomic E-state index is 0.0247. The molecule has 1 aromatic rings. The highest BCUT2D eigenvalue weighted by molar-refractivity contribution is 5.49. The van der Waals surface area contributed by atoms with Crippen LogP contribution in [-0.4, -0.2) is 28.7 Å². The average molecular weight is 371 g/mol. The molecule has 1 atom stereocenters. The first kappa shape index (κ1) is 20.4. The van der Waals surface area contributed by atoms with Crippen LogP contribution in [-0.2, 0) is 11.2 Å². The minimum Gasteiger partial charge on any atom is -0.399 e. The highest BCUT2D eigenvalue weighted by atomic mass is 19.4. The summed E-state index contributed by atoms with van der Waals surface area (Å²) in [6, 6.07) is 0.131. The van der Waals surface area contributed by atoms with Gasteiger partial charge in [-0.15, -0.1) is 0 Å². The van der Waals surface area contributed by atoms with E-state index >= 15 is 0 Å². The van der Waals surface area contributed by atoms with E-state index in [1.165, 1.54) is 0 Å². The standard InChI is InChI=1S/C12H10F9NO2/c1-8(23,10(13,14)15)5-2-6(4-7(22)3-5)9(24,11(16,17)18)12(19,20)21/h2-4,23-24H,22H2,1H3. The number of nitrogens with two attached hydrogens (primary N) is 1. The van der Waals surface area contributed by atoms with E-state index in [0.29, 0.717) is 6.07 Å². The van der Waals surface area contributed by atoms with Crippen LogP contribution in [0.4, 0.5) is 45.2 Å². The summed E-state index contributed by atoms with van der Waals surface area (Å²) >= 11 is 0. The molecule has 1 aromatic carbocycles. The van der Waals surface area contributed by atoms with Gasteiger partial charge in [0, 0.05) is 11.3 Å². The lowest BCUT2D eigenvalue weighted by Crippen LogP contribution is -2.54. The average Bonchev–Trinajstić information content (AvgIpc) is 2.32. The minimum atomic E-state index is -6.31. The van der Waals surface area contributed by atoms with Crippen LogP contribution in [0, 0.1) is 0 Å². The zero-order valence-electron chi connectivity index (χ0n) is 11.6. The molecule has 4 N–H and O–H groups in total. The van der Waals surface area contributed by atoms with Gasteiger partial charge in [-0.25, -0.2) is 0 Å². The first-order valence-corrected chi connectivity index (χ1v) is 5.92. The van der Waals surface area contributed by atoms with Crippen LogP contribution in [0.2, 0.25) is 0 Å². The van der Waals surface area contributed by atoms with Crippen LogP contribution in [0.3, 0.4) is 0 Å². The van der Waals surface area contributed by atoms with E-state index in [0.717, 1.165) is 0 Å². The van der Waals surface area contributed by atoms with Gasteiger partial charge in [0.05, 0.1) is 0 Å². The molecule has 0 saturated carbocycles. The second-order valence-electron chi connectivity index (χ2n) is 5.12. The van der Waals surface area contributed by atoms with Crippen molar-refractivity contribution in [3.05, 3.63) is 29.3 Å². The molecule has 0 aliphatic heterocycles. The number of hydrogen-bond donors (Lipinski definition) is 3. The third-order valence-electron chi connectivity index (χ3n) is 3.31. The summed E-state index contributed by atoms with van der Waals surface area (Å²) < 4.78 is 115. The molecule has 0 bridgehead atoms. The predicted molar refractivity (Wildman–Crippen MR) is 62.5 cm³/mol. The SMILES string of the molecule is CC(O)(c1cc(N)cc(C(O)(C(F)(F)F)C(F)(F)F)c1)C(F)(F)F. The van der Waals surface area contributed by atoms with Gasteiger partial charge in [0.1, 0.15) is 0 Å². The number of nitrogen functional groups attached to an aromatic ring is 1. The van der Waals surface area contributed by atoms with Crippen molar-refractivity contribution in [3.63, 3.8) is 0 Å². The van der Waals surface area contributed by atoms with E-state index in [1.54, 1.807) is 0 Å². The molecule has 1 rings (SSSR count). The van der Waals surface area contributed by atoms with Crippen molar-refractivity contribution in [2.75, 3.05) is 5.73 Å². The summed E-state index contributed by atoms with van der Waals surface area (Å²) in [7, 11) is 0. The van der Waals surface area contributed by atoms with E-state index in [4.69, 9.17) is 5.73 Å². The van der Waals surface area contributed by atoms with Gasteiger partial charge < -0.3 is 15.9 Å². The molecule has 0 saturated heterocycles. The highest BCUT2D eigenvalue weighted by Gasteiger charge is 2.71. The zero-order valence-corrected chi connectivity index (χ0v) is 11.6. The maximum absolute atomic E-state index is 12.8. The van der Waals surface area contributed by atoms with Crippen molar-refractivity contribution in [3.8, 4) is 0 Å². The van der Waals surface area contributed by atoms with E-state index < -0.39 is 46.5 Å². The van der Waals surface area contributed by atoms with Gasteiger partial charge in [-0.1, -0.05) is 0 Å². The van der Waals surface area contributed by atoms with Crippen molar-refractivity contribution < 1.29 is 49.7 Å². The molecule has 0 radical (unpaired) electrons. The maximum Gasteiger partial charge on any atom is 0.430 e. The second kappa shape index (κ2) is 5.41. The molecular weight excluding hydrogens is 361 g/mol. The lowest BCUT2D eigenvalue weighted by molar-refractivity contribution is -0.376. The quantitative estimate of drug-likeness (QED) is 0.552. The molecule has 1 unspecified atom stereocenters. The number of benzene rings is 1. The normalized spacial score (nSPS) is 16.8. The van der Waals surface area contributed by atoms with Crippen LogP contribution in [0.25, 0.3) is 0 Å². The monoisotopic (exact) mass is 371 g/mol. The summed E-state index contributed by atoms with van der Waals surface area (Å²) in [4.78, 5) is 0. The molecular formula is C12H10F9NO2. The fourth-order valence-corrected chi connectivity index (χ4v) is 1.79. The number of aliphatic hydroxyl groups is 2. The van der Waals surface area contributed by atoms with E-state index in [9.17, 15) is 49.7 Å². The molecule has 138 valence electrons. The van der Waals surface area contributed by atoms with Gasteiger partial charge in [-0.05, 0) is 30.7 Å². The number of anilines is 1. The smallest absolute Gasteiger partial charge is 0.399 e. The Labute approximate surface area is 128 Å². The van der Waals surface area contributed by atoms with Crippen LogP contribution in [0.5, 0.6) is 0 Å². The molecule has 0 heterocycles. The Kier molecular flexibility index (Phi) is 4.59. The van der Waals surface area contributed by atoms with Gasteiger partial charge in [-0.2, -0.15) is 39.5 Å².